The number of anilines is 1. The van der Waals surface area contributed by atoms with Gasteiger partial charge in [-0.25, -0.2) is 18.0 Å². The molecule has 32 heavy (non-hydrogen) atoms. The summed E-state index contributed by atoms with van der Waals surface area (Å²) in [6.07, 6.45) is -7.79. The Morgan fingerprint density at radius 2 is 1.78 bits per heavy atom. The molecule has 0 radical (unpaired) electrons. The maximum absolute atomic E-state index is 15.5. The second-order valence-corrected chi connectivity index (χ2v) is 8.57. The van der Waals surface area contributed by atoms with E-state index < -0.39 is 58.9 Å². The van der Waals surface area contributed by atoms with Gasteiger partial charge < -0.3 is 10.6 Å². The lowest BCUT2D eigenvalue weighted by Crippen LogP contribution is -2.32. The number of nitrogens with zero attached hydrogens (tertiary/aromatic N) is 2. The van der Waals surface area contributed by atoms with E-state index in [1.165, 1.54) is 16.4 Å². The first kappa shape index (κ1) is 22.7. The van der Waals surface area contributed by atoms with Gasteiger partial charge in [-0.15, -0.1) is 0 Å². The number of alkyl halides is 5. The fourth-order valence-corrected chi connectivity index (χ4v) is 4.86. The van der Waals surface area contributed by atoms with Crippen LogP contribution in [0, 0.1) is 24.6 Å². The van der Waals surface area contributed by atoms with Crippen LogP contribution in [0.5, 0.6) is 0 Å². The Kier molecular flexibility index (Phi) is 5.54. The number of H-pyrrole nitrogens is 1. The average Bonchev–Trinajstić information content (AvgIpc) is 3.42. The molecule has 2 heterocycles. The Balaban J connectivity index is 1.96. The zero-order valence-electron chi connectivity index (χ0n) is 17.1. The summed E-state index contributed by atoms with van der Waals surface area (Å²) < 4.78 is 83.6. The first-order valence-electron chi connectivity index (χ1n) is 10.2. The van der Waals surface area contributed by atoms with Gasteiger partial charge in [-0.1, -0.05) is 0 Å². The fraction of sp³-hybridized carbons (Fsp3) is 0.600. The lowest BCUT2D eigenvalue weighted by atomic mass is 9.93. The van der Waals surface area contributed by atoms with Gasteiger partial charge in [-0.2, -0.15) is 13.2 Å². The fourth-order valence-electron chi connectivity index (χ4n) is 4.86. The summed E-state index contributed by atoms with van der Waals surface area (Å²) >= 11 is 0. The number of nitrogens with two attached hydrogens (primary N) is 1. The second-order valence-electron chi connectivity index (χ2n) is 8.57. The normalized spacial score (nSPS) is 21.8. The number of nitrogens with one attached hydrogen (secondary N) is 1. The van der Waals surface area contributed by atoms with Gasteiger partial charge in [0.2, 0.25) is 0 Å². The van der Waals surface area contributed by atoms with Gasteiger partial charge in [0.15, 0.2) is 5.82 Å². The van der Waals surface area contributed by atoms with E-state index in [0.29, 0.717) is 12.8 Å². The molecule has 4 rings (SSSR count). The van der Waals surface area contributed by atoms with Crippen molar-refractivity contribution in [2.45, 2.75) is 44.8 Å². The molecule has 1 saturated carbocycles. The van der Waals surface area contributed by atoms with Gasteiger partial charge >= 0.3 is 11.9 Å². The van der Waals surface area contributed by atoms with Crippen molar-refractivity contribution in [1.82, 2.24) is 9.55 Å². The molecular formula is C20H22F6N4O2. The molecule has 3 N–H and O–H groups in total. The topological polar surface area (TPSA) is 84.1 Å². The summed E-state index contributed by atoms with van der Waals surface area (Å²) in [6, 6.07) is -0.322. The van der Waals surface area contributed by atoms with Gasteiger partial charge in [0.25, 0.3) is 12.0 Å². The highest BCUT2D eigenvalue weighted by Gasteiger charge is 2.42. The van der Waals surface area contributed by atoms with E-state index in [-0.39, 0.29) is 42.4 Å². The molecule has 2 fully saturated rings. The predicted octanol–water partition coefficient (Wildman–Crippen LogP) is 3.37. The largest absolute Gasteiger partial charge is 0.389 e. The number of rotatable bonds is 5. The minimum absolute atomic E-state index is 0.0555. The number of halogens is 6. The van der Waals surface area contributed by atoms with Crippen LogP contribution < -0.4 is 21.9 Å². The van der Waals surface area contributed by atoms with Crippen molar-refractivity contribution >= 4 is 16.6 Å². The number of benzene rings is 1. The van der Waals surface area contributed by atoms with E-state index in [4.69, 9.17) is 5.73 Å². The van der Waals surface area contributed by atoms with E-state index in [0.717, 1.165) is 0 Å². The molecule has 1 aromatic carbocycles. The van der Waals surface area contributed by atoms with Gasteiger partial charge in [0.05, 0.1) is 22.2 Å². The van der Waals surface area contributed by atoms with E-state index in [9.17, 15) is 31.5 Å². The minimum Gasteiger partial charge on any atom is -0.368 e. The molecule has 2 aliphatic rings. The Bertz CT molecular complexity index is 1170. The molecule has 0 spiro atoms. The van der Waals surface area contributed by atoms with Gasteiger partial charge in [-0.05, 0) is 38.1 Å². The minimum atomic E-state index is -4.46. The lowest BCUT2D eigenvalue weighted by molar-refractivity contribution is -0.145. The van der Waals surface area contributed by atoms with Crippen molar-refractivity contribution < 1.29 is 26.3 Å². The van der Waals surface area contributed by atoms with Crippen molar-refractivity contribution in [2.24, 2.45) is 17.6 Å². The van der Waals surface area contributed by atoms with E-state index in [2.05, 4.69) is 0 Å². The Morgan fingerprint density at radius 1 is 1.16 bits per heavy atom. The van der Waals surface area contributed by atoms with Crippen LogP contribution in [0.25, 0.3) is 10.9 Å². The highest BCUT2D eigenvalue weighted by atomic mass is 19.4. The molecule has 0 amide bonds. The molecule has 1 aliphatic carbocycles. The molecule has 1 aromatic heterocycles. The third-order valence-corrected chi connectivity index (χ3v) is 6.39. The number of aryl methyl sites for hydroxylation is 1. The molecule has 1 saturated heterocycles. The summed E-state index contributed by atoms with van der Waals surface area (Å²) in [4.78, 5) is 28.2. The van der Waals surface area contributed by atoms with Crippen molar-refractivity contribution in [1.29, 1.82) is 0 Å². The van der Waals surface area contributed by atoms with Crippen LogP contribution in [0.3, 0.4) is 0 Å². The number of aromatic nitrogens is 2. The molecule has 176 valence electrons. The van der Waals surface area contributed by atoms with E-state index >= 15 is 4.39 Å². The third kappa shape index (κ3) is 3.78. The first-order chi connectivity index (χ1) is 14.9. The van der Waals surface area contributed by atoms with Crippen molar-refractivity contribution in [3.05, 3.63) is 37.8 Å². The second kappa shape index (κ2) is 7.82. The smallest absolute Gasteiger partial charge is 0.368 e. The first-order valence-corrected chi connectivity index (χ1v) is 10.2. The third-order valence-electron chi connectivity index (χ3n) is 6.39. The molecule has 1 aliphatic heterocycles. The summed E-state index contributed by atoms with van der Waals surface area (Å²) in [6.45, 7) is 1.02. The highest BCUT2D eigenvalue weighted by molar-refractivity contribution is 5.90. The monoisotopic (exact) mass is 464 g/mol. The lowest BCUT2D eigenvalue weighted by Gasteiger charge is -2.26. The zero-order chi connectivity index (χ0) is 23.5. The number of fused-ring (bicyclic) bond motifs is 1. The molecule has 2 atom stereocenters. The van der Waals surface area contributed by atoms with Crippen molar-refractivity contribution in [3.8, 4) is 0 Å². The van der Waals surface area contributed by atoms with Crippen LogP contribution in [0.2, 0.25) is 0 Å². The summed E-state index contributed by atoms with van der Waals surface area (Å²) in [7, 11) is 0. The van der Waals surface area contributed by atoms with Gasteiger partial charge in [0.1, 0.15) is 0 Å². The van der Waals surface area contributed by atoms with Crippen molar-refractivity contribution in [3.63, 3.8) is 0 Å². The Labute approximate surface area is 178 Å². The van der Waals surface area contributed by atoms with E-state index in [1.807, 2.05) is 4.98 Å². The zero-order valence-corrected chi connectivity index (χ0v) is 17.1. The number of aromatic amines is 1. The Hall–Kier alpha value is -2.50. The van der Waals surface area contributed by atoms with Gasteiger partial charge in [0, 0.05) is 31.1 Å². The summed E-state index contributed by atoms with van der Waals surface area (Å²) in [5.41, 5.74) is 2.23. The maximum atomic E-state index is 15.5. The molecule has 6 nitrogen and oxygen atoms in total. The molecule has 2 aromatic rings. The number of hydrogen-bond donors (Lipinski definition) is 2. The van der Waals surface area contributed by atoms with Gasteiger partial charge in [-0.3, -0.25) is 14.3 Å². The highest BCUT2D eigenvalue weighted by Crippen LogP contribution is 2.44. The summed E-state index contributed by atoms with van der Waals surface area (Å²) in [5.74, 6) is -2.92. The number of hydrogen-bond acceptors (Lipinski definition) is 4. The predicted molar refractivity (Wildman–Crippen MR) is 106 cm³/mol. The van der Waals surface area contributed by atoms with E-state index in [1.54, 1.807) is 0 Å². The molecule has 12 heteroatoms. The van der Waals surface area contributed by atoms with Crippen LogP contribution in [0.15, 0.2) is 9.59 Å². The quantitative estimate of drug-likeness (QED) is 0.665. The summed E-state index contributed by atoms with van der Waals surface area (Å²) in [5, 5.41) is -0.605. The standard InChI is InChI=1S/C20H22F6N4O2/c1-8-15-13(18(31)28-19(32)30(15)11-2-3-11)12(17(22)23)14(21)16(8)29-6-9(4-20(24,25)26)10(5-27)7-29/h9-11,17H,2-7,27H2,1H3,(H,28,31,32). The Morgan fingerprint density at radius 3 is 2.31 bits per heavy atom. The van der Waals surface area contributed by atoms with Crippen molar-refractivity contribution in [2.75, 3.05) is 24.5 Å². The maximum Gasteiger partial charge on any atom is 0.389 e. The average molecular weight is 464 g/mol. The SMILES string of the molecule is Cc1c(N2CC(CN)C(CC(F)(F)F)C2)c(F)c(C(F)F)c2c(=O)[nH]c(=O)n(C3CC3)c12. The molecule has 0 bridgehead atoms. The van der Waals surface area contributed by atoms with Crippen LogP contribution in [-0.2, 0) is 0 Å². The van der Waals surface area contributed by atoms with Crippen LogP contribution in [0.4, 0.5) is 32.0 Å². The van der Waals surface area contributed by atoms with Crippen LogP contribution in [-0.4, -0.2) is 35.4 Å². The molecule has 2 unspecified atom stereocenters. The molecular weight excluding hydrogens is 442 g/mol. The van der Waals surface area contributed by atoms with Crippen LogP contribution in [0.1, 0.15) is 42.9 Å². The van der Waals surface area contributed by atoms with Crippen LogP contribution >= 0.6 is 0 Å².